The minimum absolute atomic E-state index is 0.189. The smallest absolute Gasteiger partial charge is 0.158 e. The number of halogens is 2. The Kier molecular flexibility index (Phi) is 3.91. The molecule has 0 radical (unpaired) electrons. The van der Waals surface area contributed by atoms with Crippen LogP contribution in [0.15, 0.2) is 42.9 Å². The third kappa shape index (κ3) is 2.81. The van der Waals surface area contributed by atoms with E-state index in [0.29, 0.717) is 28.5 Å². The third-order valence-corrected chi connectivity index (χ3v) is 3.93. The van der Waals surface area contributed by atoms with Crippen LogP contribution in [0, 0.1) is 17.1 Å². The highest BCUT2D eigenvalue weighted by molar-refractivity contribution is 6.33. The molecule has 4 rings (SSSR count). The fourth-order valence-electron chi connectivity index (χ4n) is 2.44. The van der Waals surface area contributed by atoms with Gasteiger partial charge in [0.15, 0.2) is 11.5 Å². The van der Waals surface area contributed by atoms with Crippen LogP contribution in [0.3, 0.4) is 0 Å². The Morgan fingerprint density at radius 3 is 2.77 bits per heavy atom. The van der Waals surface area contributed by atoms with Crippen LogP contribution in [0.5, 0.6) is 0 Å². The average Bonchev–Trinajstić information content (AvgIpc) is 3.07. The summed E-state index contributed by atoms with van der Waals surface area (Å²) in [5.74, 6) is 0.666. The molecule has 0 saturated heterocycles. The number of anilines is 2. The van der Waals surface area contributed by atoms with Crippen LogP contribution >= 0.6 is 11.6 Å². The highest BCUT2D eigenvalue weighted by atomic mass is 35.5. The van der Waals surface area contributed by atoms with Gasteiger partial charge in [-0.25, -0.2) is 24.3 Å². The maximum absolute atomic E-state index is 14.2. The maximum Gasteiger partial charge on any atom is 0.158 e. The predicted molar refractivity (Wildman–Crippen MR) is 94.3 cm³/mol. The molecule has 26 heavy (non-hydrogen) atoms. The second-order valence-electron chi connectivity index (χ2n) is 5.26. The Hall–Kier alpha value is -3.57. The van der Waals surface area contributed by atoms with Gasteiger partial charge < -0.3 is 10.3 Å². The van der Waals surface area contributed by atoms with Crippen LogP contribution in [0.1, 0.15) is 5.69 Å². The Labute approximate surface area is 151 Å². The average molecular weight is 366 g/mol. The molecule has 0 amide bonds. The second kappa shape index (κ2) is 6.38. The number of hydrogen-bond acceptors (Lipinski definition) is 6. The van der Waals surface area contributed by atoms with Crippen LogP contribution < -0.4 is 5.32 Å². The maximum atomic E-state index is 14.2. The number of fused-ring (bicyclic) bond motifs is 1. The number of nitriles is 1. The van der Waals surface area contributed by atoms with E-state index < -0.39 is 5.82 Å². The fourth-order valence-corrected chi connectivity index (χ4v) is 2.70. The Morgan fingerprint density at radius 1 is 1.15 bits per heavy atom. The summed E-state index contributed by atoms with van der Waals surface area (Å²) >= 11 is 6.11. The molecule has 0 aliphatic carbocycles. The molecule has 0 spiro atoms. The Balaban J connectivity index is 1.77. The van der Waals surface area contributed by atoms with Crippen LogP contribution in [-0.2, 0) is 0 Å². The number of imidazole rings is 1. The van der Waals surface area contributed by atoms with E-state index in [-0.39, 0.29) is 16.3 Å². The van der Waals surface area contributed by atoms with Gasteiger partial charge in [-0.1, -0.05) is 17.7 Å². The second-order valence-corrected chi connectivity index (χ2v) is 5.67. The lowest BCUT2D eigenvalue weighted by Crippen LogP contribution is -1.98. The topological polar surface area (TPSA) is 103 Å². The van der Waals surface area contributed by atoms with E-state index in [4.69, 9.17) is 16.9 Å². The summed E-state index contributed by atoms with van der Waals surface area (Å²) in [5, 5.41) is 12.0. The van der Waals surface area contributed by atoms with Gasteiger partial charge in [0, 0.05) is 6.20 Å². The molecule has 0 unspecified atom stereocenters. The number of nitrogens with zero attached hydrogens (tertiary/aromatic N) is 5. The van der Waals surface area contributed by atoms with Crippen molar-refractivity contribution in [3.63, 3.8) is 0 Å². The quantitative estimate of drug-likeness (QED) is 0.572. The summed E-state index contributed by atoms with van der Waals surface area (Å²) in [6.07, 6.45) is 4.33. The summed E-state index contributed by atoms with van der Waals surface area (Å²) in [6.45, 7) is 0. The molecule has 0 aliphatic heterocycles. The molecular formula is C17H9ClFN7. The number of aromatic nitrogens is 5. The third-order valence-electron chi connectivity index (χ3n) is 3.62. The largest absolute Gasteiger partial charge is 0.335 e. The van der Waals surface area contributed by atoms with Crippen molar-refractivity contribution in [3.8, 4) is 17.5 Å². The molecule has 9 heteroatoms. The Morgan fingerprint density at radius 2 is 2.04 bits per heavy atom. The fraction of sp³-hybridized carbons (Fsp3) is 0. The normalized spacial score (nSPS) is 10.7. The van der Waals surface area contributed by atoms with E-state index in [9.17, 15) is 4.39 Å². The van der Waals surface area contributed by atoms with Crippen molar-refractivity contribution in [1.82, 2.24) is 24.9 Å². The molecule has 3 heterocycles. The molecule has 1 aromatic carbocycles. The lowest BCUT2D eigenvalue weighted by Gasteiger charge is -2.04. The number of hydrogen-bond donors (Lipinski definition) is 2. The molecular weight excluding hydrogens is 357 g/mol. The van der Waals surface area contributed by atoms with Gasteiger partial charge in [0.2, 0.25) is 0 Å². The number of pyridine rings is 1. The number of nitrogens with one attached hydrogen (secondary N) is 2. The summed E-state index contributed by atoms with van der Waals surface area (Å²) in [6, 6.07) is 8.03. The number of benzene rings is 1. The van der Waals surface area contributed by atoms with Crippen molar-refractivity contribution in [2.75, 3.05) is 5.32 Å². The first kappa shape index (κ1) is 15.9. The van der Waals surface area contributed by atoms with Gasteiger partial charge in [0.25, 0.3) is 0 Å². The van der Waals surface area contributed by atoms with Crippen molar-refractivity contribution >= 4 is 34.3 Å². The lowest BCUT2D eigenvalue weighted by atomic mass is 10.2. The van der Waals surface area contributed by atoms with Gasteiger partial charge in [0.05, 0.1) is 28.5 Å². The van der Waals surface area contributed by atoms with Crippen LogP contribution in [0.2, 0.25) is 5.02 Å². The van der Waals surface area contributed by atoms with Crippen LogP contribution in [0.4, 0.5) is 16.0 Å². The zero-order valence-corrected chi connectivity index (χ0v) is 13.8. The van der Waals surface area contributed by atoms with E-state index in [2.05, 4.69) is 30.2 Å². The first-order valence-corrected chi connectivity index (χ1v) is 7.82. The van der Waals surface area contributed by atoms with Gasteiger partial charge in [-0.2, -0.15) is 5.26 Å². The zero-order valence-electron chi connectivity index (χ0n) is 13.0. The van der Waals surface area contributed by atoms with Gasteiger partial charge in [-0.15, -0.1) is 0 Å². The summed E-state index contributed by atoms with van der Waals surface area (Å²) in [5.41, 5.74) is 1.54. The number of rotatable bonds is 3. The number of aromatic amines is 1. The van der Waals surface area contributed by atoms with Crippen molar-refractivity contribution in [1.29, 1.82) is 5.26 Å². The molecule has 2 N–H and O–H groups in total. The van der Waals surface area contributed by atoms with E-state index in [1.54, 1.807) is 18.3 Å². The standard InChI is InChI=1S/C17H9ClFN7/c18-10-2-1-3-11(19)14(10)16-24-12-4-5-21-17(15(12)26-16)25-13-8-22-9(6-20)7-23-13/h1-5,7-8H,(H,24,26)(H,21,23,25). The first-order valence-electron chi connectivity index (χ1n) is 7.44. The predicted octanol–water partition coefficient (Wildman–Crippen LogP) is 3.82. The van der Waals surface area contributed by atoms with E-state index in [0.717, 1.165) is 0 Å². The highest BCUT2D eigenvalue weighted by Gasteiger charge is 2.16. The van der Waals surface area contributed by atoms with Crippen molar-refractivity contribution in [2.24, 2.45) is 0 Å². The van der Waals surface area contributed by atoms with E-state index in [1.807, 2.05) is 6.07 Å². The lowest BCUT2D eigenvalue weighted by molar-refractivity contribution is 0.630. The van der Waals surface area contributed by atoms with Gasteiger partial charge >= 0.3 is 0 Å². The molecule has 7 nitrogen and oxygen atoms in total. The molecule has 0 saturated carbocycles. The minimum Gasteiger partial charge on any atom is -0.335 e. The SMILES string of the molecule is N#Cc1cnc(Nc2nccc3nc(-c4c(F)cccc4Cl)[nH]c23)cn1. The molecule has 126 valence electrons. The monoisotopic (exact) mass is 365 g/mol. The van der Waals surface area contributed by atoms with E-state index >= 15 is 0 Å². The van der Waals surface area contributed by atoms with Gasteiger partial charge in [-0.3, -0.25) is 0 Å². The molecule has 0 atom stereocenters. The molecule has 0 bridgehead atoms. The van der Waals surface area contributed by atoms with E-state index in [1.165, 1.54) is 24.5 Å². The van der Waals surface area contributed by atoms with Gasteiger partial charge in [-0.05, 0) is 18.2 Å². The molecule has 4 aromatic rings. The zero-order chi connectivity index (χ0) is 18.1. The minimum atomic E-state index is -0.475. The summed E-state index contributed by atoms with van der Waals surface area (Å²) in [4.78, 5) is 19.7. The summed E-state index contributed by atoms with van der Waals surface area (Å²) < 4.78 is 14.2. The van der Waals surface area contributed by atoms with Crippen LogP contribution in [0.25, 0.3) is 22.4 Å². The highest BCUT2D eigenvalue weighted by Crippen LogP contribution is 2.31. The molecule has 3 aromatic heterocycles. The van der Waals surface area contributed by atoms with Crippen molar-refractivity contribution in [3.05, 3.63) is 59.4 Å². The number of H-pyrrole nitrogens is 1. The summed E-state index contributed by atoms with van der Waals surface area (Å²) in [7, 11) is 0. The van der Waals surface area contributed by atoms with Gasteiger partial charge in [0.1, 0.15) is 29.0 Å². The first-order chi connectivity index (χ1) is 12.7. The molecule has 0 aliphatic rings. The van der Waals surface area contributed by atoms with Crippen molar-refractivity contribution < 1.29 is 4.39 Å². The Bertz CT molecular complexity index is 1130. The van der Waals surface area contributed by atoms with Crippen LogP contribution in [-0.4, -0.2) is 24.9 Å². The van der Waals surface area contributed by atoms with Crippen molar-refractivity contribution in [2.45, 2.75) is 0 Å². The molecule has 0 fully saturated rings.